The summed E-state index contributed by atoms with van der Waals surface area (Å²) in [5.74, 6) is -2.50. The van der Waals surface area contributed by atoms with Gasteiger partial charge in [0.05, 0.1) is 0 Å². The summed E-state index contributed by atoms with van der Waals surface area (Å²) in [5.41, 5.74) is 0.440. The van der Waals surface area contributed by atoms with E-state index in [1.165, 1.54) is 19.0 Å². The molecule has 2 bridgehead atoms. The summed E-state index contributed by atoms with van der Waals surface area (Å²) in [6, 6.07) is 14.0. The summed E-state index contributed by atoms with van der Waals surface area (Å²) in [6.07, 6.45) is 1.42. The van der Waals surface area contributed by atoms with Crippen molar-refractivity contribution in [1.29, 1.82) is 0 Å². The van der Waals surface area contributed by atoms with Crippen molar-refractivity contribution >= 4 is 29.5 Å². The average Bonchev–Trinajstić information content (AvgIpc) is 3.10. The first-order chi connectivity index (χ1) is 24.2. The molecule has 4 N–H and O–H groups in total. The molecule has 272 valence electrons. The zero-order valence-electron chi connectivity index (χ0n) is 29.7. The molecule has 5 rings (SSSR count). The van der Waals surface area contributed by atoms with Crippen molar-refractivity contribution < 1.29 is 24.0 Å². The van der Waals surface area contributed by atoms with Crippen molar-refractivity contribution in [3.8, 4) is 0 Å². The van der Waals surface area contributed by atoms with E-state index in [1.54, 1.807) is 31.2 Å². The number of nitrogens with one attached hydrogen (secondary N) is 4. The second kappa shape index (κ2) is 17.4. The quantitative estimate of drug-likeness (QED) is 0.287. The van der Waals surface area contributed by atoms with E-state index < -0.39 is 58.9 Å². The normalized spacial score (nSPS) is 19.8. The van der Waals surface area contributed by atoms with Crippen LogP contribution in [0.4, 0.5) is 0 Å². The second-order valence-electron chi connectivity index (χ2n) is 13.3. The third-order valence-corrected chi connectivity index (χ3v) is 8.77. The molecule has 3 atom stereocenters. The van der Waals surface area contributed by atoms with Gasteiger partial charge in [-0.1, -0.05) is 56.3 Å². The van der Waals surface area contributed by atoms with Crippen LogP contribution in [-0.2, 0) is 41.4 Å². The highest BCUT2D eigenvalue weighted by Crippen LogP contribution is 2.14. The average molecular weight is 702 g/mol. The predicted molar refractivity (Wildman–Crippen MR) is 191 cm³/mol. The summed E-state index contributed by atoms with van der Waals surface area (Å²) < 4.78 is 2.04. The summed E-state index contributed by atoms with van der Waals surface area (Å²) in [5, 5.41) is 11.1. The van der Waals surface area contributed by atoms with Gasteiger partial charge in [-0.3, -0.25) is 37.9 Å². The molecular formula is C37H47N7O7. The van der Waals surface area contributed by atoms with Crippen molar-refractivity contribution in [2.75, 3.05) is 13.1 Å². The Hall–Kier alpha value is -5.53. The fraction of sp³-hybridized carbons (Fsp3) is 0.432. The lowest BCUT2D eigenvalue weighted by Crippen LogP contribution is -2.57. The van der Waals surface area contributed by atoms with Crippen LogP contribution >= 0.6 is 0 Å². The van der Waals surface area contributed by atoms with E-state index in [-0.39, 0.29) is 43.2 Å². The molecule has 2 aliphatic rings. The Kier molecular flexibility index (Phi) is 13.1. The van der Waals surface area contributed by atoms with Crippen molar-refractivity contribution in [3.05, 3.63) is 104 Å². The Morgan fingerprint density at radius 1 is 0.804 bits per heavy atom. The van der Waals surface area contributed by atoms with Crippen molar-refractivity contribution in [3.63, 3.8) is 0 Å². The fourth-order valence-electron chi connectivity index (χ4n) is 5.78. The number of benzene rings is 2. The van der Waals surface area contributed by atoms with Crippen LogP contribution in [0.15, 0.2) is 70.3 Å². The molecular weight excluding hydrogens is 654 g/mol. The summed E-state index contributed by atoms with van der Waals surface area (Å²) >= 11 is 0. The first kappa shape index (κ1) is 38.3. The lowest BCUT2D eigenvalue weighted by atomic mass is 10.0. The van der Waals surface area contributed by atoms with Gasteiger partial charge in [0.2, 0.25) is 17.7 Å². The van der Waals surface area contributed by atoms with E-state index in [9.17, 15) is 33.6 Å². The molecule has 0 radical (unpaired) electrons. The summed E-state index contributed by atoms with van der Waals surface area (Å²) in [7, 11) is 2.75. The number of fused-ring (bicyclic) bond motifs is 18. The third-order valence-electron chi connectivity index (χ3n) is 8.77. The van der Waals surface area contributed by atoms with Gasteiger partial charge in [-0.2, -0.15) is 0 Å². The Labute approximate surface area is 296 Å². The Balaban J connectivity index is 1.66. The smallest absolute Gasteiger partial charge is 0.331 e. The maximum Gasteiger partial charge on any atom is 0.331 e. The first-order valence-corrected chi connectivity index (χ1v) is 17.1. The molecule has 1 aromatic heterocycles. The minimum absolute atomic E-state index is 0.0314. The second-order valence-corrected chi connectivity index (χ2v) is 13.3. The van der Waals surface area contributed by atoms with Gasteiger partial charge in [-0.15, -0.1) is 0 Å². The molecule has 2 aromatic carbocycles. The van der Waals surface area contributed by atoms with Crippen LogP contribution in [0, 0.1) is 5.92 Å². The van der Waals surface area contributed by atoms with Gasteiger partial charge in [0, 0.05) is 51.8 Å². The van der Waals surface area contributed by atoms with Gasteiger partial charge in [-0.25, -0.2) is 4.79 Å². The number of amides is 5. The number of aromatic nitrogens is 2. The monoisotopic (exact) mass is 701 g/mol. The maximum absolute atomic E-state index is 13.8. The molecule has 3 aromatic rings. The zero-order valence-corrected chi connectivity index (χ0v) is 29.7. The lowest BCUT2D eigenvalue weighted by molar-refractivity contribution is -0.132. The molecule has 0 aliphatic carbocycles. The minimum atomic E-state index is -1.03. The molecule has 14 heteroatoms. The highest BCUT2D eigenvalue weighted by molar-refractivity contribution is 5.99. The Morgan fingerprint density at radius 3 is 2.14 bits per heavy atom. The van der Waals surface area contributed by atoms with Crippen LogP contribution in [0.3, 0.4) is 0 Å². The number of hydrogen-bond acceptors (Lipinski definition) is 7. The fourth-order valence-corrected chi connectivity index (χ4v) is 5.78. The molecule has 14 nitrogen and oxygen atoms in total. The van der Waals surface area contributed by atoms with Crippen LogP contribution in [0.1, 0.15) is 72.0 Å². The highest BCUT2D eigenvalue weighted by Gasteiger charge is 2.30. The molecule has 0 saturated carbocycles. The summed E-state index contributed by atoms with van der Waals surface area (Å²) in [4.78, 5) is 93.9. The van der Waals surface area contributed by atoms with Gasteiger partial charge in [0.1, 0.15) is 23.8 Å². The molecule has 0 saturated heterocycles. The highest BCUT2D eigenvalue weighted by atomic mass is 16.2. The Morgan fingerprint density at radius 2 is 1.47 bits per heavy atom. The van der Waals surface area contributed by atoms with Crippen LogP contribution in [-0.4, -0.2) is 74.8 Å². The third kappa shape index (κ3) is 10.2. The first-order valence-electron chi connectivity index (χ1n) is 17.1. The molecule has 51 heavy (non-hydrogen) atoms. The maximum atomic E-state index is 13.8. The van der Waals surface area contributed by atoms with Gasteiger partial charge >= 0.3 is 5.69 Å². The number of nitrogens with zero attached hydrogens (tertiary/aromatic N) is 3. The zero-order chi connectivity index (χ0) is 37.2. The number of hydrogen-bond donors (Lipinski definition) is 4. The van der Waals surface area contributed by atoms with Crippen LogP contribution in [0.5, 0.6) is 0 Å². The van der Waals surface area contributed by atoms with E-state index in [0.717, 1.165) is 20.8 Å². The Bertz CT molecular complexity index is 1850. The van der Waals surface area contributed by atoms with E-state index >= 15 is 0 Å². The molecule has 0 unspecified atom stereocenters. The molecule has 2 aliphatic heterocycles. The molecule has 0 spiro atoms. The van der Waals surface area contributed by atoms with Crippen molar-refractivity contribution in [2.45, 2.75) is 71.1 Å². The lowest BCUT2D eigenvalue weighted by Gasteiger charge is -2.25. The summed E-state index contributed by atoms with van der Waals surface area (Å²) in [6.45, 7) is 5.99. The van der Waals surface area contributed by atoms with E-state index in [2.05, 4.69) is 21.3 Å². The van der Waals surface area contributed by atoms with E-state index in [1.807, 2.05) is 44.2 Å². The van der Waals surface area contributed by atoms with Gasteiger partial charge in [0.15, 0.2) is 0 Å². The van der Waals surface area contributed by atoms with Crippen LogP contribution in [0.2, 0.25) is 0 Å². The van der Waals surface area contributed by atoms with E-state index in [4.69, 9.17) is 0 Å². The van der Waals surface area contributed by atoms with Crippen molar-refractivity contribution in [1.82, 2.24) is 35.3 Å². The minimum Gasteiger partial charge on any atom is -0.354 e. The SMILES string of the molecule is CC(C)C[C@@H]1NC(=O)[C@@H](Cc2ccccc2)NC(=O)c2ccc(cc2)CN(C(=O)c2cc(=O)n(C)c(=O)n2C)CCCCNC(=O)[C@@H](C)NC1=O. The number of rotatable bonds is 5. The van der Waals surface area contributed by atoms with Crippen LogP contribution in [0.25, 0.3) is 0 Å². The predicted octanol–water partition coefficient (Wildman–Crippen LogP) is 1.01. The molecule has 5 amide bonds. The number of carbonyl (C=O) groups excluding carboxylic acids is 5. The number of carbonyl (C=O) groups is 5. The standard InChI is InChI=1S/C37H47N7O7/c1-23(2)19-28-34(48)39-24(3)32(46)38-17-9-10-18-44(36(50)30-21-31(45)43(5)37(51)42(30)4)22-26-13-15-27(16-14-26)33(47)40-29(35(49)41-28)20-25-11-7-6-8-12-25/h6-8,11-16,21,23-24,28-29H,9-10,17-20,22H2,1-5H3,(H,38,46)(H,39,48)(H,40,47)(H,41,49)/t24-,28+,29-/m1/s1. The van der Waals surface area contributed by atoms with Crippen molar-refractivity contribution in [2.24, 2.45) is 20.0 Å². The van der Waals surface area contributed by atoms with Gasteiger partial charge in [0.25, 0.3) is 17.4 Å². The topological polar surface area (TPSA) is 181 Å². The van der Waals surface area contributed by atoms with E-state index in [0.29, 0.717) is 24.8 Å². The molecule has 0 fully saturated rings. The van der Waals surface area contributed by atoms with Crippen LogP contribution < -0.4 is 32.5 Å². The van der Waals surface area contributed by atoms with Gasteiger partial charge in [-0.05, 0) is 55.4 Å². The van der Waals surface area contributed by atoms with Gasteiger partial charge < -0.3 is 26.2 Å². The largest absolute Gasteiger partial charge is 0.354 e. The molecule has 3 heterocycles.